The average molecular weight is 247 g/mol. The van der Waals surface area contributed by atoms with Gasteiger partial charge in [0.15, 0.2) is 0 Å². The van der Waals surface area contributed by atoms with E-state index in [9.17, 15) is 4.79 Å². The van der Waals surface area contributed by atoms with Gasteiger partial charge in [-0.2, -0.15) is 0 Å². The highest BCUT2D eigenvalue weighted by Gasteiger charge is 2.28. The largest absolute Gasteiger partial charge is 0.373 e. The third kappa shape index (κ3) is 3.00. The van der Waals surface area contributed by atoms with Gasteiger partial charge in [0.05, 0.1) is 5.56 Å². The van der Waals surface area contributed by atoms with Crippen LogP contribution in [0.25, 0.3) is 0 Å². The zero-order valence-electron chi connectivity index (χ0n) is 11.1. The summed E-state index contributed by atoms with van der Waals surface area (Å²) in [6.45, 7) is 3.02. The Morgan fingerprint density at radius 1 is 1.39 bits per heavy atom. The van der Waals surface area contributed by atoms with Crippen LogP contribution in [0.4, 0.5) is 5.82 Å². The number of carbonyl (C=O) groups is 1. The molecule has 0 atom stereocenters. The van der Waals surface area contributed by atoms with Crippen LogP contribution in [0.2, 0.25) is 0 Å². The molecule has 4 nitrogen and oxygen atoms in total. The van der Waals surface area contributed by atoms with Gasteiger partial charge in [-0.15, -0.1) is 0 Å². The highest BCUT2D eigenvalue weighted by Crippen LogP contribution is 2.36. The molecule has 1 aliphatic rings. The molecule has 0 unspecified atom stereocenters. The molecule has 0 spiro atoms. The summed E-state index contributed by atoms with van der Waals surface area (Å²) < 4.78 is 0. The van der Waals surface area contributed by atoms with Crippen LogP contribution in [-0.4, -0.2) is 24.5 Å². The van der Waals surface area contributed by atoms with E-state index in [1.165, 1.54) is 25.7 Å². The van der Waals surface area contributed by atoms with E-state index in [-0.39, 0.29) is 11.3 Å². The van der Waals surface area contributed by atoms with Crippen molar-refractivity contribution in [1.82, 2.24) is 10.3 Å². The number of hydrogen-bond donors (Lipinski definition) is 2. The first-order chi connectivity index (χ1) is 8.63. The smallest absolute Gasteiger partial charge is 0.252 e. The molecule has 2 rings (SSSR count). The first-order valence-electron chi connectivity index (χ1n) is 6.55. The zero-order valence-corrected chi connectivity index (χ0v) is 11.1. The number of anilines is 1. The minimum atomic E-state index is -0.0294. The van der Waals surface area contributed by atoms with Crippen LogP contribution in [0.3, 0.4) is 0 Å². The van der Waals surface area contributed by atoms with Gasteiger partial charge in [0.2, 0.25) is 0 Å². The van der Waals surface area contributed by atoms with E-state index in [0.29, 0.717) is 5.56 Å². The Labute approximate surface area is 108 Å². The molecule has 4 heteroatoms. The minimum absolute atomic E-state index is 0.0294. The van der Waals surface area contributed by atoms with Crippen molar-refractivity contribution in [3.63, 3.8) is 0 Å². The number of nitrogens with zero attached hydrogens (tertiary/aromatic N) is 1. The second kappa shape index (κ2) is 5.38. The molecule has 0 aliphatic heterocycles. The van der Waals surface area contributed by atoms with E-state index in [1.807, 2.05) is 13.1 Å². The monoisotopic (exact) mass is 247 g/mol. The molecular weight excluding hydrogens is 226 g/mol. The van der Waals surface area contributed by atoms with Gasteiger partial charge >= 0.3 is 0 Å². The van der Waals surface area contributed by atoms with Gasteiger partial charge in [0.25, 0.3) is 5.91 Å². The summed E-state index contributed by atoms with van der Waals surface area (Å²) in [5.41, 5.74) is 0.907. The number of amides is 1. The molecule has 0 radical (unpaired) electrons. The van der Waals surface area contributed by atoms with Crippen LogP contribution in [0.1, 0.15) is 43.0 Å². The maximum absolute atomic E-state index is 12.0. The number of pyridine rings is 1. The van der Waals surface area contributed by atoms with Crippen molar-refractivity contribution in [3.05, 3.63) is 23.9 Å². The van der Waals surface area contributed by atoms with Crippen LogP contribution < -0.4 is 10.6 Å². The third-order valence-corrected chi connectivity index (χ3v) is 3.77. The third-order valence-electron chi connectivity index (χ3n) is 3.77. The highest BCUT2D eigenvalue weighted by atomic mass is 16.1. The van der Waals surface area contributed by atoms with E-state index in [4.69, 9.17) is 0 Å². The van der Waals surface area contributed by atoms with Gasteiger partial charge in [0.1, 0.15) is 5.82 Å². The highest BCUT2D eigenvalue weighted by molar-refractivity contribution is 5.94. The van der Waals surface area contributed by atoms with E-state index >= 15 is 0 Å². The molecule has 0 saturated heterocycles. The average Bonchev–Trinajstić information content (AvgIpc) is 2.83. The molecule has 98 valence electrons. The first kappa shape index (κ1) is 12.9. The summed E-state index contributed by atoms with van der Waals surface area (Å²) in [5.74, 6) is 0.743. The van der Waals surface area contributed by atoms with Gasteiger partial charge < -0.3 is 10.6 Å². The summed E-state index contributed by atoms with van der Waals surface area (Å²) in [6.07, 6.45) is 6.60. The number of nitrogens with one attached hydrogen (secondary N) is 2. The van der Waals surface area contributed by atoms with Crippen LogP contribution in [-0.2, 0) is 0 Å². The number of aromatic nitrogens is 1. The number of carbonyl (C=O) groups excluding carboxylic acids is 1. The van der Waals surface area contributed by atoms with Crippen molar-refractivity contribution in [1.29, 1.82) is 0 Å². The molecule has 2 N–H and O–H groups in total. The Bertz CT molecular complexity index is 408. The van der Waals surface area contributed by atoms with E-state index in [0.717, 1.165) is 12.4 Å². The van der Waals surface area contributed by atoms with Crippen LogP contribution in [0.5, 0.6) is 0 Å². The molecule has 1 aliphatic carbocycles. The van der Waals surface area contributed by atoms with Crippen molar-refractivity contribution in [2.24, 2.45) is 5.41 Å². The predicted octanol–water partition coefficient (Wildman–Crippen LogP) is 2.43. The quantitative estimate of drug-likeness (QED) is 0.859. The van der Waals surface area contributed by atoms with E-state index in [2.05, 4.69) is 22.5 Å². The standard InChI is InChI=1S/C14H21N3O/c1-14(7-3-4-8-14)10-17-13(18)11-5-6-12(15-2)16-9-11/h5-6,9H,3-4,7-8,10H2,1-2H3,(H,15,16)(H,17,18). The molecule has 1 heterocycles. The second-order valence-electron chi connectivity index (χ2n) is 5.38. The van der Waals surface area contributed by atoms with Crippen molar-refractivity contribution in [2.45, 2.75) is 32.6 Å². The molecular formula is C14H21N3O. The Balaban J connectivity index is 1.90. The fraction of sp³-hybridized carbons (Fsp3) is 0.571. The molecule has 1 amide bonds. The summed E-state index contributed by atoms with van der Waals surface area (Å²) in [5, 5.41) is 5.95. The lowest BCUT2D eigenvalue weighted by Crippen LogP contribution is -2.34. The van der Waals surface area contributed by atoms with Gasteiger partial charge in [0, 0.05) is 19.8 Å². The lowest BCUT2D eigenvalue weighted by Gasteiger charge is -2.23. The van der Waals surface area contributed by atoms with Gasteiger partial charge in [-0.3, -0.25) is 4.79 Å². The number of hydrogen-bond acceptors (Lipinski definition) is 3. The molecule has 0 bridgehead atoms. The Morgan fingerprint density at radius 3 is 2.67 bits per heavy atom. The zero-order chi connectivity index (χ0) is 13.0. The molecule has 0 aromatic carbocycles. The van der Waals surface area contributed by atoms with Crippen LogP contribution in [0, 0.1) is 5.41 Å². The van der Waals surface area contributed by atoms with Crippen molar-refractivity contribution >= 4 is 11.7 Å². The SMILES string of the molecule is CNc1ccc(C(=O)NCC2(C)CCCC2)cn1. The Hall–Kier alpha value is -1.58. The normalized spacial score (nSPS) is 17.4. The van der Waals surface area contributed by atoms with Crippen molar-refractivity contribution in [3.8, 4) is 0 Å². The van der Waals surface area contributed by atoms with Gasteiger partial charge in [-0.05, 0) is 30.4 Å². The van der Waals surface area contributed by atoms with E-state index in [1.54, 1.807) is 12.3 Å². The topological polar surface area (TPSA) is 54.0 Å². The van der Waals surface area contributed by atoms with Crippen LogP contribution >= 0.6 is 0 Å². The summed E-state index contributed by atoms with van der Waals surface area (Å²) >= 11 is 0. The van der Waals surface area contributed by atoms with E-state index < -0.39 is 0 Å². The van der Waals surface area contributed by atoms with Gasteiger partial charge in [-0.25, -0.2) is 4.98 Å². The Kier molecular flexibility index (Phi) is 3.84. The lowest BCUT2D eigenvalue weighted by molar-refractivity contribution is 0.0934. The fourth-order valence-corrected chi connectivity index (χ4v) is 2.48. The molecule has 1 aromatic rings. The maximum Gasteiger partial charge on any atom is 0.252 e. The predicted molar refractivity (Wildman–Crippen MR) is 72.7 cm³/mol. The first-order valence-corrected chi connectivity index (χ1v) is 6.55. The molecule has 1 saturated carbocycles. The van der Waals surface area contributed by atoms with Crippen LogP contribution in [0.15, 0.2) is 18.3 Å². The molecule has 18 heavy (non-hydrogen) atoms. The molecule has 1 aromatic heterocycles. The molecule has 1 fully saturated rings. The Morgan fingerprint density at radius 2 is 2.11 bits per heavy atom. The number of rotatable bonds is 4. The fourth-order valence-electron chi connectivity index (χ4n) is 2.48. The lowest BCUT2D eigenvalue weighted by atomic mass is 9.89. The summed E-state index contributed by atoms with van der Waals surface area (Å²) in [7, 11) is 1.81. The summed E-state index contributed by atoms with van der Waals surface area (Å²) in [6, 6.07) is 3.61. The van der Waals surface area contributed by atoms with Crippen molar-refractivity contribution < 1.29 is 4.79 Å². The summed E-state index contributed by atoms with van der Waals surface area (Å²) in [4.78, 5) is 16.1. The van der Waals surface area contributed by atoms with Crippen molar-refractivity contribution in [2.75, 3.05) is 18.9 Å². The maximum atomic E-state index is 12.0. The second-order valence-corrected chi connectivity index (χ2v) is 5.38. The van der Waals surface area contributed by atoms with Gasteiger partial charge in [-0.1, -0.05) is 19.8 Å². The minimum Gasteiger partial charge on any atom is -0.373 e.